The van der Waals surface area contributed by atoms with Gasteiger partial charge in [0.1, 0.15) is 0 Å². The van der Waals surface area contributed by atoms with Crippen molar-refractivity contribution in [3.63, 3.8) is 0 Å². The number of para-hydroxylation sites is 1. The molecule has 1 aromatic heterocycles. The third-order valence-corrected chi connectivity index (χ3v) is 11.1. The van der Waals surface area contributed by atoms with Crippen LogP contribution in [0.3, 0.4) is 0 Å². The fourth-order valence-electron chi connectivity index (χ4n) is 8.91. The molecular weight excluding hydrogens is 542 g/mol. The molecule has 8 aromatic rings. The number of benzene rings is 7. The Hall–Kier alpha value is -5.14. The van der Waals surface area contributed by atoms with E-state index in [4.69, 9.17) is 0 Å². The van der Waals surface area contributed by atoms with E-state index in [0.29, 0.717) is 0 Å². The first-order valence-electron chi connectivity index (χ1n) is 16.1. The highest BCUT2D eigenvalue weighted by Crippen LogP contribution is 2.53. The van der Waals surface area contributed by atoms with Gasteiger partial charge >= 0.3 is 0 Å². The van der Waals surface area contributed by atoms with Gasteiger partial charge in [-0.15, -0.1) is 0 Å². The van der Waals surface area contributed by atoms with Gasteiger partial charge in [0.05, 0.1) is 11.0 Å². The smallest absolute Gasteiger partial charge is 0.0544 e. The number of rotatable bonds is 1. The number of hydrogen-bond donors (Lipinski definition) is 0. The summed E-state index contributed by atoms with van der Waals surface area (Å²) in [4.78, 5) is 0. The summed E-state index contributed by atoms with van der Waals surface area (Å²) < 4.78 is 2.51. The second kappa shape index (κ2) is 8.31. The van der Waals surface area contributed by atoms with Crippen LogP contribution in [0.2, 0.25) is 0 Å². The molecule has 2 aliphatic rings. The molecule has 45 heavy (non-hydrogen) atoms. The van der Waals surface area contributed by atoms with Gasteiger partial charge in [-0.3, -0.25) is 0 Å². The van der Waals surface area contributed by atoms with Gasteiger partial charge in [0, 0.05) is 27.3 Å². The summed E-state index contributed by atoms with van der Waals surface area (Å²) >= 11 is 0. The van der Waals surface area contributed by atoms with E-state index >= 15 is 0 Å². The number of nitrogens with zero attached hydrogens (tertiary/aromatic N) is 1. The Kier molecular flexibility index (Phi) is 4.66. The molecule has 1 heteroatoms. The van der Waals surface area contributed by atoms with Gasteiger partial charge in [-0.2, -0.15) is 0 Å². The van der Waals surface area contributed by atoms with Gasteiger partial charge in [-0.25, -0.2) is 0 Å². The Morgan fingerprint density at radius 2 is 0.844 bits per heavy atom. The van der Waals surface area contributed by atoms with Crippen molar-refractivity contribution in [2.75, 3.05) is 0 Å². The van der Waals surface area contributed by atoms with Gasteiger partial charge in [0.25, 0.3) is 0 Å². The molecule has 1 nitrogen and oxygen atoms in total. The van der Waals surface area contributed by atoms with Gasteiger partial charge in [0.2, 0.25) is 0 Å². The summed E-state index contributed by atoms with van der Waals surface area (Å²) in [6.45, 7) is 9.60. The van der Waals surface area contributed by atoms with Crippen LogP contribution in [-0.4, -0.2) is 4.57 Å². The molecular formula is C44H33N. The fraction of sp³-hybridized carbons (Fsp3) is 0.136. The van der Waals surface area contributed by atoms with Crippen LogP contribution in [0.15, 0.2) is 127 Å². The van der Waals surface area contributed by atoms with E-state index in [2.05, 4.69) is 160 Å². The molecule has 0 aliphatic heterocycles. The molecule has 0 amide bonds. The Labute approximate surface area is 263 Å². The Balaban J connectivity index is 1.39. The summed E-state index contributed by atoms with van der Waals surface area (Å²) in [6, 6.07) is 48.2. The second-order valence-electron chi connectivity index (χ2n) is 14.2. The minimum absolute atomic E-state index is 0.131. The first-order chi connectivity index (χ1) is 21.8. The van der Waals surface area contributed by atoms with E-state index in [1.54, 1.807) is 0 Å². The highest BCUT2D eigenvalue weighted by Gasteiger charge is 2.36. The van der Waals surface area contributed by atoms with Crippen LogP contribution in [0.5, 0.6) is 0 Å². The molecule has 214 valence electrons. The topological polar surface area (TPSA) is 4.93 Å². The van der Waals surface area contributed by atoms with Gasteiger partial charge in [-0.05, 0) is 102 Å². The van der Waals surface area contributed by atoms with Gasteiger partial charge in [0.15, 0.2) is 0 Å². The monoisotopic (exact) mass is 575 g/mol. The summed E-state index contributed by atoms with van der Waals surface area (Å²) in [5.41, 5.74) is 14.5. The van der Waals surface area contributed by atoms with Crippen LogP contribution in [-0.2, 0) is 10.8 Å². The van der Waals surface area contributed by atoms with Crippen molar-refractivity contribution >= 4 is 43.4 Å². The quantitative estimate of drug-likeness (QED) is 0.183. The van der Waals surface area contributed by atoms with Crippen molar-refractivity contribution in [2.45, 2.75) is 38.5 Å². The van der Waals surface area contributed by atoms with Crippen molar-refractivity contribution < 1.29 is 0 Å². The Bertz CT molecular complexity index is 2400. The normalized spacial score (nSPS) is 15.5. The van der Waals surface area contributed by atoms with Crippen LogP contribution < -0.4 is 0 Å². The van der Waals surface area contributed by atoms with Crippen LogP contribution in [0, 0.1) is 0 Å². The lowest BCUT2D eigenvalue weighted by atomic mass is 9.68. The summed E-state index contributed by atoms with van der Waals surface area (Å²) in [6.07, 6.45) is 0. The lowest BCUT2D eigenvalue weighted by molar-refractivity contribution is 0.645. The fourth-order valence-corrected chi connectivity index (χ4v) is 8.91. The SMILES string of the molecule is CC1(C)c2cc3c(cc2-c2cccc4cccc1c24)c1cc2c(cc1n3-c1ccccc1)C(C)(C)c1cccc3cccc-2c13. The lowest BCUT2D eigenvalue weighted by Crippen LogP contribution is -2.23. The number of fused-ring (bicyclic) bond motifs is 7. The maximum atomic E-state index is 2.51. The molecule has 0 atom stereocenters. The van der Waals surface area contributed by atoms with Crippen LogP contribution in [0.25, 0.3) is 71.3 Å². The van der Waals surface area contributed by atoms with E-state index in [9.17, 15) is 0 Å². The molecule has 0 unspecified atom stereocenters. The maximum absolute atomic E-state index is 2.51. The predicted octanol–water partition coefficient (Wildman–Crippen LogP) is 11.7. The highest BCUT2D eigenvalue weighted by molar-refractivity contribution is 6.16. The molecule has 0 fully saturated rings. The first-order valence-corrected chi connectivity index (χ1v) is 16.1. The van der Waals surface area contributed by atoms with Gasteiger partial charge < -0.3 is 4.57 Å². The number of aromatic nitrogens is 1. The van der Waals surface area contributed by atoms with Crippen molar-refractivity contribution in [1.82, 2.24) is 4.57 Å². The second-order valence-corrected chi connectivity index (χ2v) is 14.2. The summed E-state index contributed by atoms with van der Waals surface area (Å²) in [5.74, 6) is 0. The minimum atomic E-state index is -0.131. The van der Waals surface area contributed by atoms with Crippen LogP contribution >= 0.6 is 0 Å². The minimum Gasteiger partial charge on any atom is -0.309 e. The average molecular weight is 576 g/mol. The highest BCUT2D eigenvalue weighted by atomic mass is 15.0. The van der Waals surface area contributed by atoms with Crippen molar-refractivity contribution in [2.24, 2.45) is 0 Å². The maximum Gasteiger partial charge on any atom is 0.0544 e. The van der Waals surface area contributed by atoms with E-state index in [-0.39, 0.29) is 10.8 Å². The Morgan fingerprint density at radius 3 is 1.31 bits per heavy atom. The Morgan fingerprint density at radius 1 is 0.400 bits per heavy atom. The van der Waals surface area contributed by atoms with E-state index in [1.165, 1.54) is 93.5 Å². The molecule has 2 aliphatic carbocycles. The molecule has 0 N–H and O–H groups in total. The van der Waals surface area contributed by atoms with Crippen LogP contribution in [0.1, 0.15) is 49.9 Å². The summed E-state index contributed by atoms with van der Waals surface area (Å²) in [5, 5.41) is 8.05. The van der Waals surface area contributed by atoms with Crippen LogP contribution in [0.4, 0.5) is 0 Å². The zero-order valence-electron chi connectivity index (χ0n) is 26.1. The zero-order chi connectivity index (χ0) is 30.2. The van der Waals surface area contributed by atoms with Gasteiger partial charge in [-0.1, -0.05) is 119 Å². The third-order valence-electron chi connectivity index (χ3n) is 11.1. The molecule has 0 bridgehead atoms. The molecule has 1 heterocycles. The largest absolute Gasteiger partial charge is 0.309 e. The molecule has 7 aromatic carbocycles. The van der Waals surface area contributed by atoms with E-state index < -0.39 is 0 Å². The van der Waals surface area contributed by atoms with Crippen molar-refractivity contribution in [1.29, 1.82) is 0 Å². The first kappa shape index (κ1) is 25.2. The van der Waals surface area contributed by atoms with E-state index in [0.717, 1.165) is 0 Å². The van der Waals surface area contributed by atoms with Crippen molar-refractivity contribution in [3.8, 4) is 27.9 Å². The molecule has 0 radical (unpaired) electrons. The standard InChI is InChI=1S/C44H33N/c1-43(2)35-20-10-14-26-12-8-18-29(41(26)35)31-22-33-34-23-32-30-19-9-13-27-15-11-21-36(42(27)30)44(3,4)38(32)25-40(34)45(39(33)24-37(31)43)28-16-6-5-7-17-28/h5-25H,1-4H3. The molecule has 0 saturated carbocycles. The number of hydrogen-bond acceptors (Lipinski definition) is 0. The van der Waals surface area contributed by atoms with E-state index in [1.807, 2.05) is 0 Å². The third kappa shape index (κ3) is 3.08. The molecule has 0 saturated heterocycles. The molecule has 10 rings (SSSR count). The lowest BCUT2D eigenvalue weighted by Gasteiger charge is -2.35. The van der Waals surface area contributed by atoms with Crippen molar-refractivity contribution in [3.05, 3.63) is 150 Å². The predicted molar refractivity (Wildman–Crippen MR) is 191 cm³/mol. The average Bonchev–Trinajstić information content (AvgIpc) is 3.38. The zero-order valence-corrected chi connectivity index (χ0v) is 26.1. The summed E-state index contributed by atoms with van der Waals surface area (Å²) in [7, 11) is 0. The molecule has 0 spiro atoms.